The Morgan fingerprint density at radius 1 is 1.38 bits per heavy atom. The van der Waals surface area contributed by atoms with Gasteiger partial charge >= 0.3 is 0 Å². The van der Waals surface area contributed by atoms with Crippen LogP contribution >= 0.6 is 0 Å². The number of aryl methyl sites for hydroxylation is 1. The summed E-state index contributed by atoms with van der Waals surface area (Å²) in [6.45, 7) is 6.53. The van der Waals surface area contributed by atoms with Crippen LogP contribution in [0.4, 0.5) is 0 Å². The third kappa shape index (κ3) is 2.99. The van der Waals surface area contributed by atoms with Gasteiger partial charge in [0.15, 0.2) is 5.82 Å². The van der Waals surface area contributed by atoms with Gasteiger partial charge in [-0.3, -0.25) is 4.90 Å². The van der Waals surface area contributed by atoms with Crippen LogP contribution in [0.25, 0.3) is 0 Å². The molecule has 0 radical (unpaired) electrons. The van der Waals surface area contributed by atoms with Crippen molar-refractivity contribution in [3.05, 3.63) is 47.1 Å². The molecule has 2 unspecified atom stereocenters. The zero-order valence-electron chi connectivity index (χ0n) is 12.6. The first-order chi connectivity index (χ1) is 10.2. The first-order valence-corrected chi connectivity index (χ1v) is 7.48. The van der Waals surface area contributed by atoms with E-state index in [1.165, 1.54) is 17.5 Å². The van der Waals surface area contributed by atoms with Gasteiger partial charge in [-0.1, -0.05) is 29.4 Å². The van der Waals surface area contributed by atoms with Gasteiger partial charge in [0.05, 0.1) is 13.1 Å². The summed E-state index contributed by atoms with van der Waals surface area (Å²) in [6.07, 6.45) is 1.17. The molecule has 0 spiro atoms. The molecule has 1 aromatic carbocycles. The van der Waals surface area contributed by atoms with Gasteiger partial charge in [-0.25, -0.2) is 0 Å². The molecule has 1 aromatic heterocycles. The highest BCUT2D eigenvalue weighted by molar-refractivity contribution is 5.30. The van der Waals surface area contributed by atoms with E-state index in [9.17, 15) is 0 Å². The molecule has 2 atom stereocenters. The van der Waals surface area contributed by atoms with Gasteiger partial charge in [0, 0.05) is 12.6 Å². The molecule has 2 N–H and O–H groups in total. The Morgan fingerprint density at radius 3 is 2.90 bits per heavy atom. The minimum absolute atomic E-state index is 0.300. The molecule has 5 nitrogen and oxygen atoms in total. The molecule has 3 rings (SSSR count). The lowest BCUT2D eigenvalue weighted by atomic mass is 9.93. The molecule has 0 saturated carbocycles. The summed E-state index contributed by atoms with van der Waals surface area (Å²) in [5.74, 6) is 1.82. The van der Waals surface area contributed by atoms with Crippen LogP contribution in [0, 0.1) is 6.92 Å². The van der Waals surface area contributed by atoms with Crippen LogP contribution in [0.3, 0.4) is 0 Å². The number of nitrogens with two attached hydrogens (primary N) is 1. The predicted molar refractivity (Wildman–Crippen MR) is 80.6 cm³/mol. The molecule has 0 amide bonds. The minimum Gasteiger partial charge on any atom is -0.338 e. The summed E-state index contributed by atoms with van der Waals surface area (Å²) in [7, 11) is 0. The van der Waals surface area contributed by atoms with Crippen molar-refractivity contribution >= 4 is 0 Å². The summed E-state index contributed by atoms with van der Waals surface area (Å²) < 4.78 is 5.08. The Balaban J connectivity index is 1.70. The van der Waals surface area contributed by atoms with E-state index < -0.39 is 0 Å². The van der Waals surface area contributed by atoms with Crippen molar-refractivity contribution in [2.45, 2.75) is 45.3 Å². The molecule has 2 aromatic rings. The second-order valence-corrected chi connectivity index (χ2v) is 5.88. The van der Waals surface area contributed by atoms with Gasteiger partial charge in [0.25, 0.3) is 0 Å². The first-order valence-electron chi connectivity index (χ1n) is 7.48. The van der Waals surface area contributed by atoms with Crippen LogP contribution in [0.15, 0.2) is 28.8 Å². The van der Waals surface area contributed by atoms with E-state index in [0.29, 0.717) is 24.4 Å². The zero-order chi connectivity index (χ0) is 14.8. The summed E-state index contributed by atoms with van der Waals surface area (Å²) in [5, 5.41) is 3.99. The summed E-state index contributed by atoms with van der Waals surface area (Å²) in [6, 6.07) is 9.19. The van der Waals surface area contributed by atoms with Crippen molar-refractivity contribution in [3.63, 3.8) is 0 Å². The fourth-order valence-corrected chi connectivity index (χ4v) is 3.21. The molecule has 1 aliphatic rings. The molecule has 1 aliphatic heterocycles. The lowest BCUT2D eigenvalue weighted by molar-refractivity contribution is 0.247. The largest absolute Gasteiger partial charge is 0.338 e. The van der Waals surface area contributed by atoms with E-state index in [1.807, 2.05) is 0 Å². The third-order valence-electron chi connectivity index (χ3n) is 4.36. The smallest absolute Gasteiger partial charge is 0.240 e. The third-order valence-corrected chi connectivity index (χ3v) is 4.36. The average Bonchev–Trinajstić information content (AvgIpc) is 3.07. The highest BCUT2D eigenvalue weighted by Crippen LogP contribution is 2.33. The summed E-state index contributed by atoms with van der Waals surface area (Å²) in [5.41, 5.74) is 8.34. The molecule has 112 valence electrons. The molecule has 0 aliphatic carbocycles. The number of benzene rings is 1. The van der Waals surface area contributed by atoms with Crippen LogP contribution in [-0.4, -0.2) is 27.6 Å². The minimum atomic E-state index is 0.300. The molecule has 2 heterocycles. The average molecular weight is 286 g/mol. The van der Waals surface area contributed by atoms with Gasteiger partial charge < -0.3 is 10.3 Å². The zero-order valence-corrected chi connectivity index (χ0v) is 12.6. The Labute approximate surface area is 125 Å². The van der Waals surface area contributed by atoms with Crippen LogP contribution in [-0.2, 0) is 13.1 Å². The van der Waals surface area contributed by atoms with Crippen molar-refractivity contribution in [1.82, 2.24) is 15.0 Å². The molecule has 0 bridgehead atoms. The van der Waals surface area contributed by atoms with Gasteiger partial charge in [0.1, 0.15) is 0 Å². The molecular formula is C16H22N4O. The van der Waals surface area contributed by atoms with Gasteiger partial charge in [0.2, 0.25) is 5.89 Å². The van der Waals surface area contributed by atoms with Crippen molar-refractivity contribution in [2.24, 2.45) is 5.73 Å². The topological polar surface area (TPSA) is 68.2 Å². The van der Waals surface area contributed by atoms with Crippen molar-refractivity contribution in [3.8, 4) is 0 Å². The Hall–Kier alpha value is -1.72. The van der Waals surface area contributed by atoms with Crippen LogP contribution in [0.1, 0.15) is 42.1 Å². The lowest BCUT2D eigenvalue weighted by Gasteiger charge is -2.18. The molecular weight excluding hydrogens is 264 g/mol. The highest BCUT2D eigenvalue weighted by atomic mass is 16.5. The van der Waals surface area contributed by atoms with E-state index >= 15 is 0 Å². The first kappa shape index (κ1) is 14.2. The number of hydrogen-bond acceptors (Lipinski definition) is 5. The number of hydrogen-bond donors (Lipinski definition) is 1. The van der Waals surface area contributed by atoms with E-state index in [-0.39, 0.29) is 0 Å². The maximum Gasteiger partial charge on any atom is 0.240 e. The van der Waals surface area contributed by atoms with Gasteiger partial charge in [-0.2, -0.15) is 4.98 Å². The number of aromatic nitrogens is 2. The van der Waals surface area contributed by atoms with Crippen molar-refractivity contribution in [2.75, 3.05) is 6.54 Å². The van der Waals surface area contributed by atoms with Crippen molar-refractivity contribution in [1.29, 1.82) is 0 Å². The van der Waals surface area contributed by atoms with E-state index in [4.69, 9.17) is 10.3 Å². The monoisotopic (exact) mass is 286 g/mol. The standard InChI is InChI=1S/C16H22N4O/c1-11-5-3-4-6-14(11)13-7-12(2)20(9-13)10-15-18-16(8-17)21-19-15/h3-6,12-13H,7-10,17H2,1-2H3. The quantitative estimate of drug-likeness (QED) is 0.933. The number of rotatable bonds is 4. The predicted octanol–water partition coefficient (Wildman–Crippen LogP) is 2.21. The number of nitrogens with zero attached hydrogens (tertiary/aromatic N) is 3. The fourth-order valence-electron chi connectivity index (χ4n) is 3.21. The van der Waals surface area contributed by atoms with E-state index in [2.05, 4.69) is 53.2 Å². The maximum atomic E-state index is 5.50. The second kappa shape index (κ2) is 5.95. The van der Waals surface area contributed by atoms with Crippen molar-refractivity contribution < 1.29 is 4.52 Å². The Morgan fingerprint density at radius 2 is 2.19 bits per heavy atom. The molecule has 21 heavy (non-hydrogen) atoms. The molecule has 1 fully saturated rings. The van der Waals surface area contributed by atoms with Crippen LogP contribution in [0.2, 0.25) is 0 Å². The molecule has 1 saturated heterocycles. The normalized spacial score (nSPS) is 22.8. The van der Waals surface area contributed by atoms with E-state index in [1.54, 1.807) is 0 Å². The second-order valence-electron chi connectivity index (χ2n) is 5.88. The lowest BCUT2D eigenvalue weighted by Crippen LogP contribution is -2.27. The van der Waals surface area contributed by atoms with Crippen LogP contribution in [0.5, 0.6) is 0 Å². The van der Waals surface area contributed by atoms with Gasteiger partial charge in [-0.15, -0.1) is 0 Å². The Bertz CT molecular complexity index is 610. The van der Waals surface area contributed by atoms with Gasteiger partial charge in [-0.05, 0) is 37.3 Å². The summed E-state index contributed by atoms with van der Waals surface area (Å²) >= 11 is 0. The maximum absolute atomic E-state index is 5.50. The number of likely N-dealkylation sites (tertiary alicyclic amines) is 1. The fraction of sp³-hybridized carbons (Fsp3) is 0.500. The molecule has 5 heteroatoms. The summed E-state index contributed by atoms with van der Waals surface area (Å²) in [4.78, 5) is 6.72. The highest BCUT2D eigenvalue weighted by Gasteiger charge is 2.31. The van der Waals surface area contributed by atoms with Crippen LogP contribution < -0.4 is 5.73 Å². The SMILES string of the molecule is Cc1ccccc1C1CC(C)N(Cc2noc(CN)n2)C1. The van der Waals surface area contributed by atoms with E-state index in [0.717, 1.165) is 18.9 Å². The Kier molecular flexibility index (Phi) is 4.03.